The Morgan fingerprint density at radius 3 is 1.91 bits per heavy atom. The number of rotatable bonds is 16. The number of nitrogen functional groups attached to an aromatic ring is 1. The maximum Gasteiger partial charge on any atom is 0.444 e. The van der Waals surface area contributed by atoms with Gasteiger partial charge in [0, 0.05) is 16.8 Å². The van der Waals surface area contributed by atoms with E-state index in [1.165, 1.54) is 35.0 Å². The number of nitrogens with one attached hydrogen (secondary N) is 2. The van der Waals surface area contributed by atoms with E-state index in [1.54, 1.807) is 0 Å². The van der Waals surface area contributed by atoms with E-state index in [0.717, 1.165) is 60.8 Å². The molecule has 0 spiro atoms. The van der Waals surface area contributed by atoms with Crippen LogP contribution in [0.25, 0.3) is 16.7 Å². The highest BCUT2D eigenvalue weighted by molar-refractivity contribution is 7.91. The number of aromatic carboxylic acids is 1. The molecule has 0 saturated heterocycles. The highest BCUT2D eigenvalue weighted by Gasteiger charge is 2.25. The van der Waals surface area contributed by atoms with Crippen LogP contribution in [0, 0.1) is 0 Å². The Bertz CT molecular complexity index is 3490. The van der Waals surface area contributed by atoms with E-state index in [4.69, 9.17) is 10.3 Å². The van der Waals surface area contributed by atoms with Crippen LogP contribution in [-0.4, -0.2) is 98.7 Å². The second-order valence-corrected chi connectivity index (χ2v) is 20.2. The number of carboxylic acid groups (broad SMARTS) is 1. The summed E-state index contributed by atoms with van der Waals surface area (Å²) in [6.07, 6.45) is 2.54. The number of carbonyl (C=O) groups is 1. The minimum Gasteiger partial charge on any atom is -0.478 e. The first-order valence-corrected chi connectivity index (χ1v) is 24.4. The van der Waals surface area contributed by atoms with Crippen molar-refractivity contribution in [2.24, 2.45) is 10.2 Å². The molecule has 9 N–H and O–H groups in total. The van der Waals surface area contributed by atoms with E-state index < -0.39 is 101 Å². The molecule has 0 radical (unpaired) electrons. The van der Waals surface area contributed by atoms with Crippen LogP contribution in [0.2, 0.25) is 0 Å². The Balaban J connectivity index is 1.41. The summed E-state index contributed by atoms with van der Waals surface area (Å²) in [5.74, 6) is -2.88. The van der Waals surface area contributed by atoms with Gasteiger partial charge in [-0.15, -0.1) is 15.2 Å². The number of hydrogen-bond acceptors (Lipinski definition) is 20. The van der Waals surface area contributed by atoms with Crippen molar-refractivity contribution in [3.8, 4) is 5.95 Å². The standard InChI is InChI=1S/C33H27N9O17S5/c34-28-27(63(53,54)55)15-19-14-23(61(47,48)49)8-9-24(19)29(28)41-40-25-16-21(5-10-26(25)62(50,51)52)36-32-37-31(38-33(39-32)42-11-1-2-18(17-42)30(43)44)35-20-3-6-22(7-4-20)60(45,46)13-12-59-64(56,57)58/h1-11,14-17H,12-13H2,(H8-,34,35,36,37,38,39,40,43,44,47,48,49,50,51,52,53,54,55,56,57,58)/p+1. The predicted octanol–water partition coefficient (Wildman–Crippen LogP) is 2.82. The van der Waals surface area contributed by atoms with Crippen molar-refractivity contribution in [3.63, 3.8) is 0 Å². The molecule has 2 aromatic heterocycles. The van der Waals surface area contributed by atoms with E-state index in [-0.39, 0.29) is 50.5 Å². The maximum absolute atomic E-state index is 12.7. The lowest BCUT2D eigenvalue weighted by Crippen LogP contribution is -2.34. The molecule has 64 heavy (non-hydrogen) atoms. The van der Waals surface area contributed by atoms with Crippen LogP contribution in [0.1, 0.15) is 10.4 Å². The SMILES string of the molecule is Nc1c(S(=O)(=O)O)cc2cc(S(=O)(=O)O)ccc2c1N=Nc1cc(Nc2nc(Nc3ccc(S(=O)(=O)CCOS(=O)(=O)O)cc3)nc(-[n+]3cccc(C(=O)O)c3)n2)ccc1S(=O)(=O)O. The monoisotopic (exact) mass is 982 g/mol. The number of carboxylic acids is 1. The van der Waals surface area contributed by atoms with Crippen LogP contribution < -0.4 is 20.9 Å². The summed E-state index contributed by atoms with van der Waals surface area (Å²) >= 11 is 0. The number of aromatic nitrogens is 4. The number of hydrogen-bond donors (Lipinski definition) is 8. The minimum atomic E-state index is -5.11. The van der Waals surface area contributed by atoms with E-state index in [1.807, 2.05) is 0 Å². The first kappa shape index (κ1) is 46.8. The summed E-state index contributed by atoms with van der Waals surface area (Å²) in [5, 5.41) is 22.6. The Morgan fingerprint density at radius 2 is 1.31 bits per heavy atom. The summed E-state index contributed by atoms with van der Waals surface area (Å²) < 4.78 is 163. The third-order valence-corrected chi connectivity index (χ3v) is 13.2. The zero-order chi connectivity index (χ0) is 47.0. The van der Waals surface area contributed by atoms with Gasteiger partial charge in [0.2, 0.25) is 0 Å². The molecule has 0 fully saturated rings. The summed E-state index contributed by atoms with van der Waals surface area (Å²) in [6, 6.07) is 14.1. The highest BCUT2D eigenvalue weighted by atomic mass is 32.3. The summed E-state index contributed by atoms with van der Waals surface area (Å²) in [6.45, 7) is -0.867. The Kier molecular flexibility index (Phi) is 12.8. The molecule has 0 bridgehead atoms. The van der Waals surface area contributed by atoms with Gasteiger partial charge in [-0.2, -0.15) is 33.7 Å². The molecule has 0 aliphatic heterocycles. The molecule has 0 saturated carbocycles. The molecule has 2 heterocycles. The van der Waals surface area contributed by atoms with Gasteiger partial charge in [0.1, 0.15) is 21.2 Å². The van der Waals surface area contributed by atoms with Crippen molar-refractivity contribution in [2.75, 3.05) is 28.7 Å². The van der Waals surface area contributed by atoms with Gasteiger partial charge < -0.3 is 21.5 Å². The average molecular weight is 983 g/mol. The molecule has 0 atom stereocenters. The molecule has 0 amide bonds. The van der Waals surface area contributed by atoms with Crippen molar-refractivity contribution in [1.82, 2.24) is 15.0 Å². The summed E-state index contributed by atoms with van der Waals surface area (Å²) in [7, 11) is -24.0. The van der Waals surface area contributed by atoms with Crippen LogP contribution in [0.15, 0.2) is 121 Å². The lowest BCUT2D eigenvalue weighted by atomic mass is 10.1. The number of azo groups is 1. The zero-order valence-corrected chi connectivity index (χ0v) is 35.6. The van der Waals surface area contributed by atoms with Crippen LogP contribution >= 0.6 is 0 Å². The van der Waals surface area contributed by atoms with Crippen molar-refractivity contribution < 1.29 is 79.0 Å². The molecular weight excluding hydrogens is 955 g/mol. The molecule has 6 aromatic rings. The van der Waals surface area contributed by atoms with Crippen LogP contribution in [-0.2, 0) is 54.8 Å². The quantitative estimate of drug-likeness (QED) is 0.0299. The number of sulfone groups is 1. The summed E-state index contributed by atoms with van der Waals surface area (Å²) in [4.78, 5) is 21.9. The van der Waals surface area contributed by atoms with Gasteiger partial charge in [-0.25, -0.2) is 22.0 Å². The van der Waals surface area contributed by atoms with Gasteiger partial charge >= 0.3 is 34.2 Å². The fourth-order valence-electron chi connectivity index (χ4n) is 5.52. The lowest BCUT2D eigenvalue weighted by Gasteiger charge is -2.11. The van der Waals surface area contributed by atoms with Gasteiger partial charge in [-0.1, -0.05) is 6.07 Å². The van der Waals surface area contributed by atoms with E-state index in [2.05, 4.69) is 40.0 Å². The zero-order valence-electron chi connectivity index (χ0n) is 31.5. The minimum absolute atomic E-state index is 0.0661. The molecule has 26 nitrogen and oxygen atoms in total. The third kappa shape index (κ3) is 11.3. The fraction of sp³-hybridized carbons (Fsp3) is 0.0606. The maximum atomic E-state index is 12.7. The topological polar surface area (TPSA) is 416 Å². The van der Waals surface area contributed by atoms with Crippen LogP contribution in [0.5, 0.6) is 0 Å². The van der Waals surface area contributed by atoms with Crippen LogP contribution in [0.3, 0.4) is 0 Å². The van der Waals surface area contributed by atoms with Gasteiger partial charge in [0.05, 0.1) is 45.8 Å². The van der Waals surface area contributed by atoms with Gasteiger partial charge in [0.15, 0.2) is 9.84 Å². The molecule has 0 unspecified atom stereocenters. The van der Waals surface area contributed by atoms with Gasteiger partial charge in [-0.3, -0.25) is 18.2 Å². The van der Waals surface area contributed by atoms with E-state index in [0.29, 0.717) is 0 Å². The molecule has 31 heteroatoms. The summed E-state index contributed by atoms with van der Waals surface area (Å²) in [5.41, 5.74) is 4.10. The number of fused-ring (bicyclic) bond motifs is 1. The normalized spacial score (nSPS) is 12.7. The number of pyridine rings is 1. The van der Waals surface area contributed by atoms with Crippen molar-refractivity contribution >= 4 is 108 Å². The second kappa shape index (κ2) is 17.5. The fourth-order valence-corrected chi connectivity index (χ4v) is 8.78. The number of anilines is 5. The molecule has 336 valence electrons. The van der Waals surface area contributed by atoms with Crippen molar-refractivity contribution in [3.05, 3.63) is 96.8 Å². The molecular formula is C33H28N9O17S5+. The highest BCUT2D eigenvalue weighted by Crippen LogP contribution is 2.40. The first-order valence-electron chi connectivity index (χ1n) is 17.0. The predicted molar refractivity (Wildman–Crippen MR) is 219 cm³/mol. The van der Waals surface area contributed by atoms with Crippen molar-refractivity contribution in [2.45, 2.75) is 19.6 Å². The number of nitrogens with zero attached hydrogens (tertiary/aromatic N) is 6. The molecule has 4 aromatic carbocycles. The lowest BCUT2D eigenvalue weighted by molar-refractivity contribution is -0.603. The Morgan fingerprint density at radius 1 is 0.703 bits per heavy atom. The smallest absolute Gasteiger partial charge is 0.444 e. The Labute approximate surface area is 361 Å². The Hall–Kier alpha value is -6.68. The number of nitrogens with two attached hydrogens (primary N) is 1. The number of benzene rings is 4. The molecule has 6 rings (SSSR count). The van der Waals surface area contributed by atoms with E-state index in [9.17, 15) is 65.6 Å². The van der Waals surface area contributed by atoms with Gasteiger partial charge in [0.25, 0.3) is 30.4 Å². The molecule has 0 aliphatic carbocycles. The second-order valence-electron chi connectivity index (χ2n) is 12.8. The largest absolute Gasteiger partial charge is 0.478 e. The van der Waals surface area contributed by atoms with Crippen LogP contribution in [0.4, 0.5) is 40.3 Å². The first-order chi connectivity index (χ1) is 29.7. The van der Waals surface area contributed by atoms with Gasteiger partial charge in [-0.05, 0) is 88.2 Å². The molecule has 0 aliphatic rings. The van der Waals surface area contributed by atoms with E-state index >= 15 is 0 Å². The average Bonchev–Trinajstić information content (AvgIpc) is 3.18. The third-order valence-electron chi connectivity index (χ3n) is 8.37. The van der Waals surface area contributed by atoms with Crippen molar-refractivity contribution in [1.29, 1.82) is 0 Å².